The van der Waals surface area contributed by atoms with E-state index in [-0.39, 0.29) is 11.4 Å². The van der Waals surface area contributed by atoms with Gasteiger partial charge in [-0.25, -0.2) is 18.1 Å². The van der Waals surface area contributed by atoms with Gasteiger partial charge in [0.25, 0.3) is 0 Å². The average Bonchev–Trinajstić information content (AvgIpc) is 3.08. The highest BCUT2D eigenvalue weighted by atomic mass is 79.9. The molecule has 0 aliphatic heterocycles. The number of para-hydroxylation sites is 1. The zero-order chi connectivity index (χ0) is 16.3. The lowest BCUT2D eigenvalue weighted by Gasteiger charge is -2.11. The first-order chi connectivity index (χ1) is 11.1. The van der Waals surface area contributed by atoms with Gasteiger partial charge in [-0.1, -0.05) is 34.1 Å². The second-order valence-corrected chi connectivity index (χ2v) is 7.56. The second kappa shape index (κ2) is 6.66. The Morgan fingerprint density at radius 1 is 1.09 bits per heavy atom. The van der Waals surface area contributed by atoms with Gasteiger partial charge in [0.2, 0.25) is 10.0 Å². The van der Waals surface area contributed by atoms with Crippen LogP contribution in [0.25, 0.3) is 5.69 Å². The minimum Gasteiger partial charge on any atom is -0.306 e. The molecule has 2 aromatic carbocycles. The lowest BCUT2D eigenvalue weighted by Crippen LogP contribution is -2.23. The molecular formula is C16H14BrN3O2S. The van der Waals surface area contributed by atoms with E-state index in [0.29, 0.717) is 0 Å². The molecule has 5 nitrogen and oxygen atoms in total. The van der Waals surface area contributed by atoms with E-state index >= 15 is 0 Å². The number of aromatic nitrogens is 2. The van der Waals surface area contributed by atoms with Crippen LogP contribution in [0.1, 0.15) is 5.56 Å². The summed E-state index contributed by atoms with van der Waals surface area (Å²) in [5, 5.41) is 0. The maximum atomic E-state index is 12.4. The summed E-state index contributed by atoms with van der Waals surface area (Å²) in [6, 6.07) is 14.1. The van der Waals surface area contributed by atoms with Crippen molar-refractivity contribution in [3.8, 4) is 5.69 Å². The monoisotopic (exact) mass is 391 g/mol. The summed E-state index contributed by atoms with van der Waals surface area (Å²) in [4.78, 5) is 4.26. The molecule has 0 atom stereocenters. The van der Waals surface area contributed by atoms with E-state index in [1.165, 1.54) is 0 Å². The molecule has 1 heterocycles. The van der Waals surface area contributed by atoms with E-state index in [4.69, 9.17) is 0 Å². The first kappa shape index (κ1) is 15.9. The van der Waals surface area contributed by atoms with Crippen molar-refractivity contribution in [2.75, 3.05) is 0 Å². The Morgan fingerprint density at radius 3 is 2.52 bits per heavy atom. The zero-order valence-electron chi connectivity index (χ0n) is 12.1. The molecule has 0 spiro atoms. The summed E-state index contributed by atoms with van der Waals surface area (Å²) in [5.41, 5.74) is 1.76. The van der Waals surface area contributed by atoms with Crippen LogP contribution in [0.2, 0.25) is 0 Å². The fourth-order valence-corrected chi connectivity index (χ4v) is 3.45. The van der Waals surface area contributed by atoms with Gasteiger partial charge in [0.1, 0.15) is 0 Å². The van der Waals surface area contributed by atoms with Gasteiger partial charge in [-0.2, -0.15) is 0 Å². The molecule has 0 radical (unpaired) electrons. The van der Waals surface area contributed by atoms with E-state index in [0.717, 1.165) is 15.7 Å². The Labute approximate surface area is 143 Å². The van der Waals surface area contributed by atoms with Gasteiger partial charge >= 0.3 is 0 Å². The molecule has 0 saturated heterocycles. The van der Waals surface area contributed by atoms with E-state index in [9.17, 15) is 8.42 Å². The Bertz CT molecular complexity index is 891. The van der Waals surface area contributed by atoms with Crippen LogP contribution in [0.3, 0.4) is 0 Å². The first-order valence-corrected chi connectivity index (χ1v) is 9.15. The number of imidazole rings is 1. The molecule has 3 aromatic rings. The second-order valence-electron chi connectivity index (χ2n) is 4.88. The maximum absolute atomic E-state index is 12.4. The quantitative estimate of drug-likeness (QED) is 0.726. The molecule has 0 aliphatic rings. The fraction of sp³-hybridized carbons (Fsp3) is 0.0625. The van der Waals surface area contributed by atoms with E-state index in [2.05, 4.69) is 25.6 Å². The van der Waals surface area contributed by atoms with Crippen molar-refractivity contribution < 1.29 is 8.42 Å². The van der Waals surface area contributed by atoms with Crippen LogP contribution in [0.15, 0.2) is 76.6 Å². The van der Waals surface area contributed by atoms with Crippen LogP contribution in [0.4, 0.5) is 0 Å². The number of hydrogen-bond donors (Lipinski definition) is 1. The van der Waals surface area contributed by atoms with Crippen molar-refractivity contribution in [1.29, 1.82) is 0 Å². The van der Waals surface area contributed by atoms with Crippen LogP contribution in [0, 0.1) is 0 Å². The maximum Gasteiger partial charge on any atom is 0.240 e. The third-order valence-electron chi connectivity index (χ3n) is 3.35. The van der Waals surface area contributed by atoms with Crippen LogP contribution < -0.4 is 4.72 Å². The third kappa shape index (κ3) is 3.69. The molecule has 0 fully saturated rings. The number of nitrogens with one attached hydrogen (secondary N) is 1. The average molecular weight is 392 g/mol. The molecule has 0 aliphatic carbocycles. The van der Waals surface area contributed by atoms with Crippen LogP contribution in [-0.2, 0) is 16.6 Å². The highest BCUT2D eigenvalue weighted by Crippen LogP contribution is 2.17. The summed E-state index contributed by atoms with van der Waals surface area (Å²) < 4.78 is 30.1. The van der Waals surface area contributed by atoms with E-state index < -0.39 is 10.0 Å². The topological polar surface area (TPSA) is 64.0 Å². The number of benzene rings is 2. The van der Waals surface area contributed by atoms with Crippen LogP contribution >= 0.6 is 15.9 Å². The molecule has 0 bridgehead atoms. The summed E-state index contributed by atoms with van der Waals surface area (Å²) in [6.07, 6.45) is 5.19. The van der Waals surface area contributed by atoms with Gasteiger partial charge in [0.05, 0.1) is 16.9 Å². The molecule has 23 heavy (non-hydrogen) atoms. The van der Waals surface area contributed by atoms with Gasteiger partial charge in [-0.05, 0) is 35.9 Å². The molecule has 118 valence electrons. The molecule has 1 N–H and O–H groups in total. The molecule has 7 heteroatoms. The van der Waals surface area contributed by atoms with Gasteiger partial charge in [-0.3, -0.25) is 0 Å². The Balaban J connectivity index is 1.82. The van der Waals surface area contributed by atoms with Crippen LogP contribution in [-0.4, -0.2) is 18.0 Å². The first-order valence-electron chi connectivity index (χ1n) is 6.88. The standard InChI is InChI=1S/C16H14BrN3O2S/c17-14-5-7-15(8-6-14)23(21,22)19-11-13-3-1-2-4-16(13)20-10-9-18-12-20/h1-10,12,19H,11H2. The number of nitrogens with zero attached hydrogens (tertiary/aromatic N) is 2. The largest absolute Gasteiger partial charge is 0.306 e. The summed E-state index contributed by atoms with van der Waals surface area (Å²) in [6.45, 7) is 0.201. The Hall–Kier alpha value is -1.96. The highest BCUT2D eigenvalue weighted by Gasteiger charge is 2.14. The Kier molecular flexibility index (Phi) is 4.61. The molecule has 0 unspecified atom stereocenters. The minimum atomic E-state index is -3.56. The van der Waals surface area contributed by atoms with Crippen molar-refractivity contribution in [3.63, 3.8) is 0 Å². The van der Waals surface area contributed by atoms with Gasteiger partial charge in [0, 0.05) is 23.4 Å². The summed E-state index contributed by atoms with van der Waals surface area (Å²) >= 11 is 3.30. The number of halogens is 1. The smallest absolute Gasteiger partial charge is 0.240 e. The van der Waals surface area contributed by atoms with Crippen LogP contribution in [0.5, 0.6) is 0 Å². The third-order valence-corrected chi connectivity index (χ3v) is 5.30. The van der Waals surface area contributed by atoms with Gasteiger partial charge in [0.15, 0.2) is 0 Å². The predicted octanol–water partition coefficient (Wildman–Crippen LogP) is 3.11. The minimum absolute atomic E-state index is 0.201. The number of sulfonamides is 1. The summed E-state index contributed by atoms with van der Waals surface area (Å²) in [5.74, 6) is 0. The number of rotatable bonds is 5. The fourth-order valence-electron chi connectivity index (χ4n) is 2.18. The lowest BCUT2D eigenvalue weighted by molar-refractivity contribution is 0.581. The zero-order valence-corrected chi connectivity index (χ0v) is 14.5. The summed E-state index contributed by atoms with van der Waals surface area (Å²) in [7, 11) is -3.56. The van der Waals surface area contributed by atoms with Crippen molar-refractivity contribution in [2.45, 2.75) is 11.4 Å². The van der Waals surface area contributed by atoms with Crippen molar-refractivity contribution in [1.82, 2.24) is 14.3 Å². The molecule has 0 saturated carbocycles. The normalized spacial score (nSPS) is 11.5. The molecule has 1 aromatic heterocycles. The van der Waals surface area contributed by atoms with Crippen molar-refractivity contribution in [2.24, 2.45) is 0 Å². The molecule has 3 rings (SSSR count). The Morgan fingerprint density at radius 2 is 1.83 bits per heavy atom. The van der Waals surface area contributed by atoms with Gasteiger partial charge < -0.3 is 4.57 Å². The van der Waals surface area contributed by atoms with Crippen molar-refractivity contribution in [3.05, 3.63) is 77.3 Å². The van der Waals surface area contributed by atoms with E-state index in [1.807, 2.05) is 35.0 Å². The molecule has 0 amide bonds. The highest BCUT2D eigenvalue weighted by molar-refractivity contribution is 9.10. The van der Waals surface area contributed by atoms with Gasteiger partial charge in [-0.15, -0.1) is 0 Å². The van der Waals surface area contributed by atoms with Crippen molar-refractivity contribution >= 4 is 26.0 Å². The SMILES string of the molecule is O=S(=O)(NCc1ccccc1-n1ccnc1)c1ccc(Br)cc1. The predicted molar refractivity (Wildman–Crippen MR) is 91.7 cm³/mol. The molecular weight excluding hydrogens is 378 g/mol. The number of hydrogen-bond acceptors (Lipinski definition) is 3. The lowest BCUT2D eigenvalue weighted by atomic mass is 10.2. The van der Waals surface area contributed by atoms with E-state index in [1.54, 1.807) is 36.8 Å².